The second-order valence-corrected chi connectivity index (χ2v) is 3.21. The average Bonchev–Trinajstić information content (AvgIpc) is 2.57. The van der Waals surface area contributed by atoms with Crippen LogP contribution in [0.3, 0.4) is 0 Å². The van der Waals surface area contributed by atoms with Crippen molar-refractivity contribution in [1.82, 2.24) is 4.57 Å². The van der Waals surface area contributed by atoms with E-state index in [2.05, 4.69) is 4.57 Å². The molecule has 14 heavy (non-hydrogen) atoms. The largest absolute Gasteiger partial charge is 0.383 e. The Morgan fingerprint density at radius 2 is 2.21 bits per heavy atom. The van der Waals surface area contributed by atoms with Gasteiger partial charge in [-0.3, -0.25) is 0 Å². The van der Waals surface area contributed by atoms with Crippen molar-refractivity contribution in [2.45, 2.75) is 6.54 Å². The summed E-state index contributed by atoms with van der Waals surface area (Å²) in [5.74, 6) is -0.193. The van der Waals surface area contributed by atoms with Crippen LogP contribution >= 0.6 is 0 Å². The minimum absolute atomic E-state index is 0.193. The smallest absolute Gasteiger partial charge is 0.123 e. The lowest BCUT2D eigenvalue weighted by molar-refractivity contribution is 0.188. The minimum Gasteiger partial charge on any atom is -0.383 e. The highest BCUT2D eigenvalue weighted by Crippen LogP contribution is 2.16. The lowest BCUT2D eigenvalue weighted by Crippen LogP contribution is -2.02. The molecule has 0 radical (unpaired) electrons. The van der Waals surface area contributed by atoms with E-state index in [4.69, 9.17) is 4.74 Å². The Labute approximate surface area is 81.9 Å². The van der Waals surface area contributed by atoms with Crippen LogP contribution in [0.5, 0.6) is 0 Å². The molecule has 2 rings (SSSR count). The van der Waals surface area contributed by atoms with E-state index >= 15 is 0 Å². The molecule has 74 valence electrons. The van der Waals surface area contributed by atoms with Gasteiger partial charge in [-0.25, -0.2) is 4.39 Å². The molecular weight excluding hydrogens is 181 g/mol. The van der Waals surface area contributed by atoms with Gasteiger partial charge < -0.3 is 9.30 Å². The van der Waals surface area contributed by atoms with E-state index in [1.54, 1.807) is 19.2 Å². The molecule has 0 aliphatic rings. The van der Waals surface area contributed by atoms with E-state index in [0.717, 1.165) is 17.4 Å². The Balaban J connectivity index is 2.37. The van der Waals surface area contributed by atoms with Gasteiger partial charge in [0.1, 0.15) is 5.82 Å². The van der Waals surface area contributed by atoms with Crippen molar-refractivity contribution < 1.29 is 9.13 Å². The second kappa shape index (κ2) is 3.80. The van der Waals surface area contributed by atoms with Crippen molar-refractivity contribution in [2.75, 3.05) is 13.7 Å². The maximum atomic E-state index is 12.9. The number of hydrogen-bond donors (Lipinski definition) is 0. The number of fused-ring (bicyclic) bond motifs is 1. The van der Waals surface area contributed by atoms with Crippen molar-refractivity contribution in [3.05, 3.63) is 36.3 Å². The molecule has 1 aromatic heterocycles. The highest BCUT2D eigenvalue weighted by Gasteiger charge is 2.01. The van der Waals surface area contributed by atoms with E-state index in [9.17, 15) is 4.39 Å². The maximum Gasteiger partial charge on any atom is 0.123 e. The summed E-state index contributed by atoms with van der Waals surface area (Å²) in [5.41, 5.74) is 1.04. The molecule has 0 aliphatic carbocycles. The SMILES string of the molecule is COCCn1ccc2cc(F)ccc21. The number of halogens is 1. The summed E-state index contributed by atoms with van der Waals surface area (Å²) in [7, 11) is 1.67. The van der Waals surface area contributed by atoms with Crippen LogP contribution in [-0.2, 0) is 11.3 Å². The van der Waals surface area contributed by atoms with Crippen LogP contribution < -0.4 is 0 Å². The number of hydrogen-bond acceptors (Lipinski definition) is 1. The van der Waals surface area contributed by atoms with E-state index in [-0.39, 0.29) is 5.82 Å². The number of nitrogens with zero attached hydrogens (tertiary/aromatic N) is 1. The molecule has 2 nitrogen and oxygen atoms in total. The van der Waals surface area contributed by atoms with Gasteiger partial charge >= 0.3 is 0 Å². The van der Waals surface area contributed by atoms with Gasteiger partial charge in [0.15, 0.2) is 0 Å². The molecule has 1 aromatic carbocycles. The van der Waals surface area contributed by atoms with Crippen LogP contribution in [0.25, 0.3) is 10.9 Å². The summed E-state index contributed by atoms with van der Waals surface area (Å²) < 4.78 is 19.9. The summed E-state index contributed by atoms with van der Waals surface area (Å²) in [4.78, 5) is 0. The number of ether oxygens (including phenoxy) is 1. The van der Waals surface area contributed by atoms with Crippen molar-refractivity contribution in [3.63, 3.8) is 0 Å². The normalized spacial score (nSPS) is 11.0. The summed E-state index contributed by atoms with van der Waals surface area (Å²) >= 11 is 0. The first-order valence-electron chi connectivity index (χ1n) is 4.54. The second-order valence-electron chi connectivity index (χ2n) is 3.21. The predicted molar refractivity (Wildman–Crippen MR) is 53.8 cm³/mol. The molecule has 0 N–H and O–H groups in total. The van der Waals surface area contributed by atoms with Gasteiger partial charge in [-0.15, -0.1) is 0 Å². The topological polar surface area (TPSA) is 14.2 Å². The Kier molecular flexibility index (Phi) is 2.50. The van der Waals surface area contributed by atoms with Crippen LogP contribution in [0.2, 0.25) is 0 Å². The van der Waals surface area contributed by atoms with E-state index < -0.39 is 0 Å². The van der Waals surface area contributed by atoms with Crippen molar-refractivity contribution in [1.29, 1.82) is 0 Å². The standard InChI is InChI=1S/C11H12FNO/c1-14-7-6-13-5-4-9-8-10(12)2-3-11(9)13/h2-5,8H,6-7H2,1H3. The highest BCUT2D eigenvalue weighted by atomic mass is 19.1. The third-order valence-corrected chi connectivity index (χ3v) is 2.27. The average molecular weight is 193 g/mol. The Morgan fingerprint density at radius 1 is 1.36 bits per heavy atom. The number of benzene rings is 1. The monoisotopic (exact) mass is 193 g/mol. The Morgan fingerprint density at radius 3 is 3.00 bits per heavy atom. The van der Waals surface area contributed by atoms with E-state index in [1.165, 1.54) is 6.07 Å². The summed E-state index contributed by atoms with van der Waals surface area (Å²) in [6, 6.07) is 6.72. The molecule has 2 aromatic rings. The molecule has 0 spiro atoms. The zero-order valence-electron chi connectivity index (χ0n) is 8.03. The zero-order valence-corrected chi connectivity index (χ0v) is 8.03. The molecular formula is C11H12FNO. The molecule has 0 amide bonds. The first-order valence-corrected chi connectivity index (χ1v) is 4.54. The molecule has 0 bridgehead atoms. The van der Waals surface area contributed by atoms with Gasteiger partial charge in [0.05, 0.1) is 6.61 Å². The van der Waals surface area contributed by atoms with Gasteiger partial charge in [0.25, 0.3) is 0 Å². The maximum absolute atomic E-state index is 12.9. The quantitative estimate of drug-likeness (QED) is 0.730. The molecule has 3 heteroatoms. The van der Waals surface area contributed by atoms with Crippen molar-refractivity contribution in [2.24, 2.45) is 0 Å². The lowest BCUT2D eigenvalue weighted by atomic mass is 10.2. The van der Waals surface area contributed by atoms with E-state index in [1.807, 2.05) is 12.3 Å². The highest BCUT2D eigenvalue weighted by molar-refractivity contribution is 5.80. The fourth-order valence-corrected chi connectivity index (χ4v) is 1.56. The molecule has 0 saturated heterocycles. The third-order valence-electron chi connectivity index (χ3n) is 2.27. The van der Waals surface area contributed by atoms with Crippen molar-refractivity contribution >= 4 is 10.9 Å². The van der Waals surface area contributed by atoms with E-state index in [0.29, 0.717) is 6.61 Å². The molecule has 0 atom stereocenters. The van der Waals surface area contributed by atoms with Crippen LogP contribution in [-0.4, -0.2) is 18.3 Å². The summed E-state index contributed by atoms with van der Waals surface area (Å²) in [5, 5.41) is 0.932. The zero-order chi connectivity index (χ0) is 9.97. The van der Waals surface area contributed by atoms with Crippen molar-refractivity contribution in [3.8, 4) is 0 Å². The Bertz CT molecular complexity index is 436. The summed E-state index contributed by atoms with van der Waals surface area (Å²) in [6.07, 6.45) is 1.95. The van der Waals surface area contributed by atoms with Gasteiger partial charge in [-0.05, 0) is 24.3 Å². The fourth-order valence-electron chi connectivity index (χ4n) is 1.56. The summed E-state index contributed by atoms with van der Waals surface area (Å²) in [6.45, 7) is 1.47. The third kappa shape index (κ3) is 1.63. The number of rotatable bonds is 3. The van der Waals surface area contributed by atoms with Gasteiger partial charge in [0, 0.05) is 30.8 Å². The van der Waals surface area contributed by atoms with Gasteiger partial charge in [-0.2, -0.15) is 0 Å². The molecule has 0 saturated carbocycles. The number of aromatic nitrogens is 1. The molecule has 0 unspecified atom stereocenters. The van der Waals surface area contributed by atoms with Crippen LogP contribution in [0, 0.1) is 5.82 Å². The van der Waals surface area contributed by atoms with Crippen LogP contribution in [0.1, 0.15) is 0 Å². The van der Waals surface area contributed by atoms with Crippen LogP contribution in [0.15, 0.2) is 30.5 Å². The molecule has 1 heterocycles. The first kappa shape index (κ1) is 9.21. The molecule has 0 fully saturated rings. The number of methoxy groups -OCH3 is 1. The lowest BCUT2D eigenvalue weighted by Gasteiger charge is -2.03. The fraction of sp³-hybridized carbons (Fsp3) is 0.273. The molecule has 0 aliphatic heterocycles. The van der Waals surface area contributed by atoms with Crippen LogP contribution in [0.4, 0.5) is 4.39 Å². The predicted octanol–water partition coefficient (Wildman–Crippen LogP) is 2.43. The minimum atomic E-state index is -0.193. The van der Waals surface area contributed by atoms with Gasteiger partial charge in [-0.1, -0.05) is 0 Å². The Hall–Kier alpha value is -1.35. The van der Waals surface area contributed by atoms with Gasteiger partial charge in [0.2, 0.25) is 0 Å². The first-order chi connectivity index (χ1) is 6.81.